The molecule has 0 saturated heterocycles. The predicted molar refractivity (Wildman–Crippen MR) is 77.8 cm³/mol. The molecule has 0 radical (unpaired) electrons. The lowest BCUT2D eigenvalue weighted by molar-refractivity contribution is 0.867. The molecule has 94 valence electrons. The molecule has 0 spiro atoms. The number of hydrogen-bond acceptors (Lipinski definition) is 2. The molecule has 18 heavy (non-hydrogen) atoms. The monoisotopic (exact) mass is 260 g/mol. The van der Waals surface area contributed by atoms with Crippen LogP contribution in [0, 0.1) is 6.92 Å². The van der Waals surface area contributed by atoms with Crippen LogP contribution in [-0.4, -0.2) is 4.98 Å². The number of aryl methyl sites for hydroxylation is 1. The van der Waals surface area contributed by atoms with E-state index in [1.807, 2.05) is 12.1 Å². The lowest BCUT2D eigenvalue weighted by Gasteiger charge is -2.16. The molecule has 2 rings (SSSR count). The Morgan fingerprint density at radius 2 is 1.83 bits per heavy atom. The Morgan fingerprint density at radius 1 is 1.11 bits per heavy atom. The fraction of sp³-hybridized carbons (Fsp3) is 0.267. The van der Waals surface area contributed by atoms with Gasteiger partial charge in [-0.3, -0.25) is 0 Å². The minimum atomic E-state index is 0.464. The molecule has 0 aliphatic rings. The van der Waals surface area contributed by atoms with E-state index in [9.17, 15) is 0 Å². The van der Waals surface area contributed by atoms with Crippen molar-refractivity contribution < 1.29 is 0 Å². The molecule has 1 heterocycles. The van der Waals surface area contributed by atoms with Crippen LogP contribution in [0.5, 0.6) is 0 Å². The average Bonchev–Trinajstić information content (AvgIpc) is 2.31. The fourth-order valence-corrected chi connectivity index (χ4v) is 2.11. The SMILES string of the molecule is Cc1cccc(C(C)C)c1Nc1cccc(Cl)n1. The first-order chi connectivity index (χ1) is 8.58. The maximum Gasteiger partial charge on any atom is 0.132 e. The first kappa shape index (κ1) is 12.9. The van der Waals surface area contributed by atoms with Crippen LogP contribution in [0.15, 0.2) is 36.4 Å². The molecule has 0 aliphatic carbocycles. The predicted octanol–water partition coefficient (Wildman–Crippen LogP) is 4.91. The number of hydrogen-bond donors (Lipinski definition) is 1. The van der Waals surface area contributed by atoms with Gasteiger partial charge >= 0.3 is 0 Å². The van der Waals surface area contributed by atoms with Gasteiger partial charge in [0.05, 0.1) is 0 Å². The van der Waals surface area contributed by atoms with Crippen LogP contribution in [-0.2, 0) is 0 Å². The molecular formula is C15H17ClN2. The van der Waals surface area contributed by atoms with E-state index in [0.717, 1.165) is 11.5 Å². The summed E-state index contributed by atoms with van der Waals surface area (Å²) in [7, 11) is 0. The molecule has 1 N–H and O–H groups in total. The lowest BCUT2D eigenvalue weighted by atomic mass is 9.98. The van der Waals surface area contributed by atoms with Gasteiger partial charge in [-0.05, 0) is 36.1 Å². The highest BCUT2D eigenvalue weighted by Gasteiger charge is 2.09. The van der Waals surface area contributed by atoms with Crippen molar-refractivity contribution in [2.24, 2.45) is 0 Å². The summed E-state index contributed by atoms with van der Waals surface area (Å²) in [6.45, 7) is 6.47. The van der Waals surface area contributed by atoms with Crippen LogP contribution >= 0.6 is 11.6 Å². The van der Waals surface area contributed by atoms with E-state index in [4.69, 9.17) is 11.6 Å². The highest BCUT2D eigenvalue weighted by atomic mass is 35.5. The topological polar surface area (TPSA) is 24.9 Å². The smallest absolute Gasteiger partial charge is 0.132 e. The summed E-state index contributed by atoms with van der Waals surface area (Å²) in [4.78, 5) is 4.26. The Bertz CT molecular complexity index is 550. The number of para-hydroxylation sites is 1. The van der Waals surface area contributed by atoms with Crippen molar-refractivity contribution in [1.82, 2.24) is 4.98 Å². The van der Waals surface area contributed by atoms with Crippen molar-refractivity contribution in [3.8, 4) is 0 Å². The van der Waals surface area contributed by atoms with Gasteiger partial charge in [-0.15, -0.1) is 0 Å². The summed E-state index contributed by atoms with van der Waals surface area (Å²) in [5, 5.41) is 3.87. The Hall–Kier alpha value is -1.54. The van der Waals surface area contributed by atoms with Gasteiger partial charge < -0.3 is 5.32 Å². The molecule has 0 saturated carbocycles. The standard InChI is InChI=1S/C15H17ClN2/c1-10(2)12-7-4-6-11(3)15(12)18-14-9-5-8-13(16)17-14/h4-10H,1-3H3,(H,17,18). The van der Waals surface area contributed by atoms with Crippen molar-refractivity contribution in [3.63, 3.8) is 0 Å². The number of pyridine rings is 1. The second-order valence-corrected chi connectivity index (χ2v) is 5.05. The van der Waals surface area contributed by atoms with E-state index < -0.39 is 0 Å². The van der Waals surface area contributed by atoms with E-state index in [-0.39, 0.29) is 0 Å². The van der Waals surface area contributed by atoms with Crippen molar-refractivity contribution in [3.05, 3.63) is 52.7 Å². The number of halogens is 1. The third-order valence-corrected chi connectivity index (χ3v) is 3.11. The molecule has 1 aromatic heterocycles. The number of benzene rings is 1. The average molecular weight is 261 g/mol. The normalized spacial score (nSPS) is 10.7. The summed E-state index contributed by atoms with van der Waals surface area (Å²) in [5.74, 6) is 1.24. The number of aromatic nitrogens is 1. The van der Waals surface area contributed by atoms with Crippen LogP contribution in [0.3, 0.4) is 0 Å². The highest BCUT2D eigenvalue weighted by Crippen LogP contribution is 2.29. The van der Waals surface area contributed by atoms with Gasteiger partial charge in [-0.1, -0.05) is 49.7 Å². The van der Waals surface area contributed by atoms with Crippen LogP contribution in [0.4, 0.5) is 11.5 Å². The van der Waals surface area contributed by atoms with Gasteiger partial charge in [0.25, 0.3) is 0 Å². The molecule has 0 unspecified atom stereocenters. The fourth-order valence-electron chi connectivity index (χ4n) is 1.95. The zero-order valence-electron chi connectivity index (χ0n) is 10.9. The highest BCUT2D eigenvalue weighted by molar-refractivity contribution is 6.29. The molecule has 0 fully saturated rings. The molecular weight excluding hydrogens is 244 g/mol. The van der Waals surface area contributed by atoms with Gasteiger partial charge in [-0.2, -0.15) is 0 Å². The Labute approximate surface area is 113 Å². The van der Waals surface area contributed by atoms with Gasteiger partial charge in [0.1, 0.15) is 11.0 Å². The third-order valence-electron chi connectivity index (χ3n) is 2.90. The number of nitrogens with zero attached hydrogens (tertiary/aromatic N) is 1. The number of anilines is 2. The largest absolute Gasteiger partial charge is 0.340 e. The zero-order valence-corrected chi connectivity index (χ0v) is 11.6. The van der Waals surface area contributed by atoms with Crippen LogP contribution < -0.4 is 5.32 Å². The van der Waals surface area contributed by atoms with Crippen molar-refractivity contribution >= 4 is 23.1 Å². The molecule has 2 aromatic rings. The summed E-state index contributed by atoms with van der Waals surface area (Å²) in [6.07, 6.45) is 0. The van der Waals surface area contributed by atoms with Crippen molar-refractivity contribution in [1.29, 1.82) is 0 Å². The second-order valence-electron chi connectivity index (χ2n) is 4.66. The maximum atomic E-state index is 5.90. The number of rotatable bonds is 3. The van der Waals surface area contributed by atoms with E-state index >= 15 is 0 Å². The summed E-state index contributed by atoms with van der Waals surface area (Å²) < 4.78 is 0. The minimum Gasteiger partial charge on any atom is -0.340 e. The quantitative estimate of drug-likeness (QED) is 0.793. The van der Waals surface area contributed by atoms with E-state index in [0.29, 0.717) is 11.1 Å². The molecule has 1 aromatic carbocycles. The number of nitrogens with one attached hydrogen (secondary N) is 1. The minimum absolute atomic E-state index is 0.464. The first-order valence-electron chi connectivity index (χ1n) is 6.07. The molecule has 3 heteroatoms. The molecule has 0 bridgehead atoms. The van der Waals surface area contributed by atoms with Crippen molar-refractivity contribution in [2.75, 3.05) is 5.32 Å². The van der Waals surface area contributed by atoms with E-state index in [1.54, 1.807) is 6.07 Å². The van der Waals surface area contributed by atoms with Crippen LogP contribution in [0.25, 0.3) is 0 Å². The van der Waals surface area contributed by atoms with E-state index in [2.05, 4.69) is 49.3 Å². The Morgan fingerprint density at radius 3 is 2.50 bits per heavy atom. The van der Waals surface area contributed by atoms with Crippen molar-refractivity contribution in [2.45, 2.75) is 26.7 Å². The van der Waals surface area contributed by atoms with Gasteiger partial charge in [0.2, 0.25) is 0 Å². The molecule has 0 aliphatic heterocycles. The first-order valence-corrected chi connectivity index (χ1v) is 6.45. The van der Waals surface area contributed by atoms with Gasteiger partial charge in [-0.25, -0.2) is 4.98 Å². The van der Waals surface area contributed by atoms with Gasteiger partial charge in [0.15, 0.2) is 0 Å². The summed E-state index contributed by atoms with van der Waals surface area (Å²) in [5.41, 5.74) is 3.63. The van der Waals surface area contributed by atoms with Crippen LogP contribution in [0.1, 0.15) is 30.9 Å². The lowest BCUT2D eigenvalue weighted by Crippen LogP contribution is -2.01. The maximum absolute atomic E-state index is 5.90. The molecule has 0 amide bonds. The summed E-state index contributed by atoms with van der Waals surface area (Å²) >= 11 is 5.90. The van der Waals surface area contributed by atoms with Gasteiger partial charge in [0, 0.05) is 5.69 Å². The van der Waals surface area contributed by atoms with Crippen LogP contribution in [0.2, 0.25) is 5.15 Å². The Kier molecular flexibility index (Phi) is 3.87. The summed E-state index contributed by atoms with van der Waals surface area (Å²) in [6, 6.07) is 11.9. The Balaban J connectivity index is 2.39. The molecule has 0 atom stereocenters. The third kappa shape index (κ3) is 2.82. The molecule has 2 nitrogen and oxygen atoms in total. The zero-order chi connectivity index (χ0) is 13.1. The van der Waals surface area contributed by atoms with E-state index in [1.165, 1.54) is 11.1 Å². The second kappa shape index (κ2) is 5.40.